The first-order valence-corrected chi connectivity index (χ1v) is 8.11. The molecule has 0 radical (unpaired) electrons. The second-order valence-corrected chi connectivity index (χ2v) is 6.50. The van der Waals surface area contributed by atoms with Crippen LogP contribution in [0.1, 0.15) is 39.0 Å². The van der Waals surface area contributed by atoms with Crippen LogP contribution in [0.25, 0.3) is 0 Å². The Morgan fingerprint density at radius 1 is 1.56 bits per heavy atom. The van der Waals surface area contributed by atoms with E-state index in [9.17, 15) is 9.90 Å². The van der Waals surface area contributed by atoms with E-state index in [0.29, 0.717) is 18.9 Å². The minimum atomic E-state index is -0.721. The molecule has 4 N–H and O–H groups in total. The summed E-state index contributed by atoms with van der Waals surface area (Å²) in [7, 11) is 0. The van der Waals surface area contributed by atoms with Crippen LogP contribution < -0.4 is 11.1 Å². The lowest BCUT2D eigenvalue weighted by molar-refractivity contribution is -0.124. The van der Waals surface area contributed by atoms with Gasteiger partial charge in [0.15, 0.2) is 0 Å². The van der Waals surface area contributed by atoms with Gasteiger partial charge in [-0.1, -0.05) is 6.92 Å². The van der Waals surface area contributed by atoms with Gasteiger partial charge >= 0.3 is 0 Å². The van der Waals surface area contributed by atoms with Gasteiger partial charge in [0, 0.05) is 6.54 Å². The molecule has 1 aliphatic carbocycles. The highest BCUT2D eigenvalue weighted by Gasteiger charge is 2.32. The van der Waals surface area contributed by atoms with Gasteiger partial charge in [-0.25, -0.2) is 0 Å². The predicted molar refractivity (Wildman–Crippen MR) is 76.6 cm³/mol. The van der Waals surface area contributed by atoms with Crippen molar-refractivity contribution in [1.29, 1.82) is 0 Å². The highest BCUT2D eigenvalue weighted by Crippen LogP contribution is 2.31. The quantitative estimate of drug-likeness (QED) is 0.678. The molecular formula is C13H26N2O2S. The Kier molecular flexibility index (Phi) is 6.46. The summed E-state index contributed by atoms with van der Waals surface area (Å²) in [6, 6.07) is -0.455. The number of thioether (sulfide) groups is 1. The summed E-state index contributed by atoms with van der Waals surface area (Å²) >= 11 is 1.68. The molecule has 4 nitrogen and oxygen atoms in total. The molecule has 5 heteroatoms. The van der Waals surface area contributed by atoms with E-state index < -0.39 is 11.6 Å². The number of carbonyl (C=O) groups excluding carboxylic acids is 1. The van der Waals surface area contributed by atoms with Crippen LogP contribution in [0.2, 0.25) is 0 Å². The molecular weight excluding hydrogens is 248 g/mol. The molecule has 0 saturated heterocycles. The molecule has 0 aromatic rings. The second kappa shape index (κ2) is 7.36. The third-order valence-electron chi connectivity index (χ3n) is 3.77. The third kappa shape index (κ3) is 5.16. The number of hydrogen-bond acceptors (Lipinski definition) is 4. The topological polar surface area (TPSA) is 75.4 Å². The Morgan fingerprint density at radius 3 is 2.72 bits per heavy atom. The van der Waals surface area contributed by atoms with Crippen molar-refractivity contribution >= 4 is 17.7 Å². The molecule has 1 aliphatic rings. The summed E-state index contributed by atoms with van der Waals surface area (Å²) in [5.41, 5.74) is 5.06. The molecule has 1 rings (SSSR count). The monoisotopic (exact) mass is 274 g/mol. The Balaban J connectivity index is 2.29. The molecule has 1 saturated carbocycles. The van der Waals surface area contributed by atoms with E-state index in [0.717, 1.165) is 31.4 Å². The summed E-state index contributed by atoms with van der Waals surface area (Å²) in [5, 5.41) is 13.1. The average molecular weight is 274 g/mol. The van der Waals surface area contributed by atoms with Crippen LogP contribution in [0.15, 0.2) is 0 Å². The molecule has 1 atom stereocenters. The first-order valence-electron chi connectivity index (χ1n) is 6.71. The average Bonchev–Trinajstić information content (AvgIpc) is 2.37. The zero-order valence-electron chi connectivity index (χ0n) is 11.4. The predicted octanol–water partition coefficient (Wildman–Crippen LogP) is 1.12. The first kappa shape index (κ1) is 15.8. The maximum atomic E-state index is 11.7. The molecule has 0 bridgehead atoms. The van der Waals surface area contributed by atoms with Gasteiger partial charge in [-0.2, -0.15) is 11.8 Å². The number of rotatable bonds is 6. The SMILES string of the molecule is CSCC[C@@H](N)C(=O)NCC1(O)CCC(C)CC1. The smallest absolute Gasteiger partial charge is 0.237 e. The standard InChI is InChI=1S/C13H26N2O2S/c1-10-3-6-13(17,7-4-10)9-15-12(16)11(14)5-8-18-2/h10-11,17H,3-9,14H2,1-2H3,(H,15,16)/t10?,11-,13?/m1/s1. The van der Waals surface area contributed by atoms with Crippen LogP contribution >= 0.6 is 11.8 Å². The Labute approximate surface area is 114 Å². The fourth-order valence-electron chi connectivity index (χ4n) is 2.23. The summed E-state index contributed by atoms with van der Waals surface area (Å²) < 4.78 is 0. The molecule has 0 aromatic carbocycles. The highest BCUT2D eigenvalue weighted by molar-refractivity contribution is 7.98. The summed E-state index contributed by atoms with van der Waals surface area (Å²) in [4.78, 5) is 11.7. The molecule has 0 unspecified atom stereocenters. The summed E-state index contributed by atoms with van der Waals surface area (Å²) in [6.07, 6.45) is 6.29. The van der Waals surface area contributed by atoms with Crippen molar-refractivity contribution in [3.05, 3.63) is 0 Å². The molecule has 18 heavy (non-hydrogen) atoms. The lowest BCUT2D eigenvalue weighted by Crippen LogP contribution is -2.49. The maximum Gasteiger partial charge on any atom is 0.237 e. The van der Waals surface area contributed by atoms with Crippen LogP contribution in [0, 0.1) is 5.92 Å². The molecule has 0 aromatic heterocycles. The second-order valence-electron chi connectivity index (χ2n) is 5.51. The van der Waals surface area contributed by atoms with E-state index in [-0.39, 0.29) is 5.91 Å². The molecule has 1 fully saturated rings. The van der Waals surface area contributed by atoms with Gasteiger partial charge in [0.05, 0.1) is 11.6 Å². The number of aliphatic hydroxyl groups is 1. The van der Waals surface area contributed by atoms with Gasteiger partial charge in [0.25, 0.3) is 0 Å². The van der Waals surface area contributed by atoms with Gasteiger partial charge in [0.2, 0.25) is 5.91 Å². The lowest BCUT2D eigenvalue weighted by Gasteiger charge is -2.35. The molecule has 1 amide bonds. The minimum absolute atomic E-state index is 0.143. The van der Waals surface area contributed by atoms with Crippen molar-refractivity contribution in [2.75, 3.05) is 18.6 Å². The van der Waals surface area contributed by atoms with Crippen LogP contribution in [-0.2, 0) is 4.79 Å². The maximum absolute atomic E-state index is 11.7. The summed E-state index contributed by atoms with van der Waals surface area (Å²) in [5.74, 6) is 1.43. The van der Waals surface area contributed by atoms with Crippen molar-refractivity contribution in [3.8, 4) is 0 Å². The van der Waals surface area contributed by atoms with Gasteiger partial charge < -0.3 is 16.2 Å². The zero-order chi connectivity index (χ0) is 13.6. The van der Waals surface area contributed by atoms with Gasteiger partial charge in [-0.05, 0) is 50.0 Å². The van der Waals surface area contributed by atoms with E-state index in [1.807, 2.05) is 6.26 Å². The highest BCUT2D eigenvalue weighted by atomic mass is 32.2. The lowest BCUT2D eigenvalue weighted by atomic mass is 9.79. The molecule has 0 spiro atoms. The third-order valence-corrected chi connectivity index (χ3v) is 4.41. The molecule has 0 aliphatic heterocycles. The van der Waals surface area contributed by atoms with Crippen molar-refractivity contribution in [2.45, 2.75) is 50.7 Å². The van der Waals surface area contributed by atoms with E-state index in [1.165, 1.54) is 0 Å². The van der Waals surface area contributed by atoms with Gasteiger partial charge in [-0.15, -0.1) is 0 Å². The van der Waals surface area contributed by atoms with Crippen molar-refractivity contribution in [2.24, 2.45) is 11.7 Å². The number of amides is 1. The molecule has 106 valence electrons. The fraction of sp³-hybridized carbons (Fsp3) is 0.923. The van der Waals surface area contributed by atoms with Crippen LogP contribution in [0.3, 0.4) is 0 Å². The largest absolute Gasteiger partial charge is 0.388 e. The normalized spacial score (nSPS) is 29.9. The Hall–Kier alpha value is -0.260. The van der Waals surface area contributed by atoms with Crippen molar-refractivity contribution < 1.29 is 9.90 Å². The fourth-order valence-corrected chi connectivity index (χ4v) is 2.72. The molecule has 0 heterocycles. The van der Waals surface area contributed by atoms with Crippen molar-refractivity contribution in [3.63, 3.8) is 0 Å². The van der Waals surface area contributed by atoms with Gasteiger partial charge in [0.1, 0.15) is 0 Å². The van der Waals surface area contributed by atoms with E-state index in [4.69, 9.17) is 5.73 Å². The Bertz CT molecular complexity index is 266. The van der Waals surface area contributed by atoms with E-state index in [1.54, 1.807) is 11.8 Å². The number of nitrogens with two attached hydrogens (primary N) is 1. The zero-order valence-corrected chi connectivity index (χ0v) is 12.3. The number of hydrogen-bond donors (Lipinski definition) is 3. The van der Waals surface area contributed by atoms with Crippen molar-refractivity contribution in [1.82, 2.24) is 5.32 Å². The van der Waals surface area contributed by atoms with Crippen LogP contribution in [-0.4, -0.2) is 41.2 Å². The van der Waals surface area contributed by atoms with E-state index >= 15 is 0 Å². The van der Waals surface area contributed by atoms with Gasteiger partial charge in [-0.3, -0.25) is 4.79 Å². The number of nitrogens with one attached hydrogen (secondary N) is 1. The number of carbonyl (C=O) groups is 1. The van der Waals surface area contributed by atoms with E-state index in [2.05, 4.69) is 12.2 Å². The van der Waals surface area contributed by atoms with Crippen LogP contribution in [0.4, 0.5) is 0 Å². The summed E-state index contributed by atoms with van der Waals surface area (Å²) in [6.45, 7) is 2.54. The Morgan fingerprint density at radius 2 is 2.17 bits per heavy atom. The minimum Gasteiger partial charge on any atom is -0.388 e. The van der Waals surface area contributed by atoms with Crippen LogP contribution in [0.5, 0.6) is 0 Å². The first-order chi connectivity index (χ1) is 8.47.